The molecule has 4 atom stereocenters. The van der Waals surface area contributed by atoms with Crippen LogP contribution in [0.5, 0.6) is 5.75 Å². The third kappa shape index (κ3) is 4.08. The lowest BCUT2D eigenvalue weighted by molar-refractivity contribution is -0.156. The first-order valence-corrected chi connectivity index (χ1v) is 8.71. The zero-order chi connectivity index (χ0) is 17.9. The van der Waals surface area contributed by atoms with Gasteiger partial charge in [-0.05, 0) is 48.3 Å². The highest BCUT2D eigenvalue weighted by atomic mass is 16.3. The Bertz CT molecular complexity index is 574. The molecule has 0 spiro atoms. The quantitative estimate of drug-likeness (QED) is 0.665. The largest absolute Gasteiger partial charge is 0.508 e. The van der Waals surface area contributed by atoms with Gasteiger partial charge >= 0.3 is 0 Å². The molecule has 2 rings (SSSR count). The number of benzene rings is 1. The van der Waals surface area contributed by atoms with Crippen LogP contribution in [0.4, 0.5) is 0 Å². The summed E-state index contributed by atoms with van der Waals surface area (Å²) >= 11 is 0. The van der Waals surface area contributed by atoms with Crippen molar-refractivity contribution in [1.82, 2.24) is 5.32 Å². The molecule has 1 aromatic rings. The molecule has 0 saturated heterocycles. The van der Waals surface area contributed by atoms with Crippen LogP contribution in [0.25, 0.3) is 0 Å². The first-order valence-electron chi connectivity index (χ1n) is 8.71. The fraction of sp³-hybridized carbons (Fsp3) is 0.632. The number of nitrogens with one attached hydrogen (secondary N) is 1. The van der Waals surface area contributed by atoms with Crippen molar-refractivity contribution in [3.63, 3.8) is 0 Å². The van der Waals surface area contributed by atoms with Gasteiger partial charge in [0, 0.05) is 6.54 Å². The zero-order valence-electron chi connectivity index (χ0n) is 14.7. The maximum atomic E-state index is 12.7. The van der Waals surface area contributed by atoms with E-state index >= 15 is 0 Å². The maximum Gasteiger partial charge on any atom is 0.252 e. The molecular weight excluding hydrogens is 306 g/mol. The Morgan fingerprint density at radius 1 is 1.38 bits per heavy atom. The van der Waals surface area contributed by atoms with Gasteiger partial charge in [-0.3, -0.25) is 4.79 Å². The average molecular weight is 335 g/mol. The summed E-state index contributed by atoms with van der Waals surface area (Å²) in [6.45, 7) is 6.11. The van der Waals surface area contributed by atoms with Gasteiger partial charge in [0.15, 0.2) is 0 Å². The van der Waals surface area contributed by atoms with Crippen molar-refractivity contribution in [3.05, 3.63) is 29.8 Å². The predicted octanol–water partition coefficient (Wildman–Crippen LogP) is 2.37. The van der Waals surface area contributed by atoms with Crippen molar-refractivity contribution in [3.8, 4) is 5.75 Å². The Morgan fingerprint density at radius 3 is 2.71 bits per heavy atom. The Hall–Kier alpha value is -1.59. The van der Waals surface area contributed by atoms with Gasteiger partial charge in [-0.2, -0.15) is 0 Å². The molecule has 1 aliphatic rings. The number of hydrogen-bond acceptors (Lipinski definition) is 4. The van der Waals surface area contributed by atoms with Crippen molar-refractivity contribution >= 4 is 5.91 Å². The van der Waals surface area contributed by atoms with Gasteiger partial charge in [0.1, 0.15) is 11.4 Å². The fourth-order valence-corrected chi connectivity index (χ4v) is 3.83. The Morgan fingerprint density at radius 2 is 2.08 bits per heavy atom. The first kappa shape index (κ1) is 18.7. The standard InChI is InChI=1S/C19H29NO4/c1-12(2)16-8-7-13(3)10-19(16,24)18(23)20-11-17(22)14-5-4-6-15(21)9-14/h4-6,9,12-13,16-17,21-22,24H,7-8,10-11H2,1-3H3,(H,20,23)/t13-,16+,17+,19+/m1/s1. The van der Waals surface area contributed by atoms with Crippen LogP contribution in [-0.4, -0.2) is 33.4 Å². The molecule has 0 aromatic heterocycles. The lowest BCUT2D eigenvalue weighted by atomic mass is 9.66. The van der Waals surface area contributed by atoms with E-state index in [9.17, 15) is 20.1 Å². The molecule has 5 heteroatoms. The number of phenolic OH excluding ortho intramolecular Hbond substituents is 1. The molecule has 4 N–H and O–H groups in total. The van der Waals surface area contributed by atoms with E-state index in [4.69, 9.17) is 0 Å². The summed E-state index contributed by atoms with van der Waals surface area (Å²) < 4.78 is 0. The Labute approximate surface area is 143 Å². The molecule has 0 aliphatic heterocycles. The van der Waals surface area contributed by atoms with Gasteiger partial charge in [0.2, 0.25) is 0 Å². The van der Waals surface area contributed by atoms with E-state index in [1.807, 2.05) is 13.8 Å². The summed E-state index contributed by atoms with van der Waals surface area (Å²) in [5.74, 6) is 0.0898. The van der Waals surface area contributed by atoms with Gasteiger partial charge in [-0.1, -0.05) is 39.3 Å². The first-order chi connectivity index (χ1) is 11.2. The second-order valence-corrected chi connectivity index (χ2v) is 7.48. The Kier molecular flexibility index (Phi) is 5.88. The minimum absolute atomic E-state index is 0.00376. The van der Waals surface area contributed by atoms with E-state index in [-0.39, 0.29) is 24.1 Å². The minimum atomic E-state index is -1.38. The minimum Gasteiger partial charge on any atom is -0.508 e. The van der Waals surface area contributed by atoms with E-state index < -0.39 is 17.6 Å². The number of phenols is 1. The van der Waals surface area contributed by atoms with Crippen molar-refractivity contribution in [1.29, 1.82) is 0 Å². The van der Waals surface area contributed by atoms with Crippen molar-refractivity contribution in [2.24, 2.45) is 17.8 Å². The molecule has 0 unspecified atom stereocenters. The molecule has 5 nitrogen and oxygen atoms in total. The summed E-state index contributed by atoms with van der Waals surface area (Å²) in [7, 11) is 0. The smallest absolute Gasteiger partial charge is 0.252 e. The van der Waals surface area contributed by atoms with Crippen LogP contribution >= 0.6 is 0 Å². The van der Waals surface area contributed by atoms with Crippen LogP contribution in [0.3, 0.4) is 0 Å². The highest BCUT2D eigenvalue weighted by Gasteiger charge is 2.48. The highest BCUT2D eigenvalue weighted by molar-refractivity contribution is 5.85. The number of hydrogen-bond donors (Lipinski definition) is 4. The van der Waals surface area contributed by atoms with Crippen LogP contribution in [0.15, 0.2) is 24.3 Å². The molecule has 0 bridgehead atoms. The SMILES string of the molecule is CC(C)[C@@H]1CC[C@@H](C)C[C@@]1(O)C(=O)NC[C@H](O)c1cccc(O)c1. The lowest BCUT2D eigenvalue weighted by Gasteiger charge is -2.43. The summed E-state index contributed by atoms with van der Waals surface area (Å²) in [5, 5.41) is 33.4. The van der Waals surface area contributed by atoms with Gasteiger partial charge in [-0.15, -0.1) is 0 Å². The normalized spacial score (nSPS) is 28.6. The third-order valence-electron chi connectivity index (χ3n) is 5.15. The van der Waals surface area contributed by atoms with Crippen LogP contribution in [0.2, 0.25) is 0 Å². The number of aromatic hydroxyl groups is 1. The second kappa shape index (κ2) is 7.53. The van der Waals surface area contributed by atoms with Crippen LogP contribution < -0.4 is 5.32 Å². The number of carbonyl (C=O) groups excluding carboxylic acids is 1. The summed E-state index contributed by atoms with van der Waals surface area (Å²) in [6.07, 6.45) is 1.37. The van der Waals surface area contributed by atoms with Crippen molar-refractivity contribution in [2.75, 3.05) is 6.54 Å². The summed E-state index contributed by atoms with van der Waals surface area (Å²) in [4.78, 5) is 12.7. The van der Waals surface area contributed by atoms with Crippen molar-refractivity contribution < 1.29 is 20.1 Å². The number of rotatable bonds is 5. The van der Waals surface area contributed by atoms with Gasteiger partial charge in [0.05, 0.1) is 6.10 Å². The molecule has 1 fully saturated rings. The summed E-state index contributed by atoms with van der Waals surface area (Å²) in [6, 6.07) is 6.31. The van der Waals surface area contributed by atoms with E-state index in [0.29, 0.717) is 17.9 Å². The highest BCUT2D eigenvalue weighted by Crippen LogP contribution is 2.41. The van der Waals surface area contributed by atoms with E-state index in [2.05, 4.69) is 12.2 Å². The molecule has 1 saturated carbocycles. The fourth-order valence-electron chi connectivity index (χ4n) is 3.83. The van der Waals surface area contributed by atoms with Gasteiger partial charge < -0.3 is 20.6 Å². The Balaban J connectivity index is 2.04. The molecule has 134 valence electrons. The number of carbonyl (C=O) groups is 1. The number of aliphatic hydroxyl groups excluding tert-OH is 1. The van der Waals surface area contributed by atoms with Gasteiger partial charge in [-0.25, -0.2) is 0 Å². The average Bonchev–Trinajstić information content (AvgIpc) is 2.51. The molecular formula is C19H29NO4. The van der Waals surface area contributed by atoms with Crippen molar-refractivity contribution in [2.45, 2.75) is 51.7 Å². The maximum absolute atomic E-state index is 12.7. The third-order valence-corrected chi connectivity index (χ3v) is 5.15. The predicted molar refractivity (Wildman–Crippen MR) is 92.4 cm³/mol. The van der Waals surface area contributed by atoms with E-state index in [1.165, 1.54) is 12.1 Å². The molecule has 1 aromatic carbocycles. The molecule has 24 heavy (non-hydrogen) atoms. The van der Waals surface area contributed by atoms with Crippen LogP contribution in [0, 0.1) is 17.8 Å². The monoisotopic (exact) mass is 335 g/mol. The topological polar surface area (TPSA) is 89.8 Å². The van der Waals surface area contributed by atoms with Gasteiger partial charge in [0.25, 0.3) is 5.91 Å². The zero-order valence-corrected chi connectivity index (χ0v) is 14.7. The van der Waals surface area contributed by atoms with E-state index in [0.717, 1.165) is 12.8 Å². The molecule has 1 aliphatic carbocycles. The molecule has 1 amide bonds. The number of aliphatic hydroxyl groups is 2. The summed E-state index contributed by atoms with van der Waals surface area (Å²) in [5.41, 5.74) is -0.857. The second-order valence-electron chi connectivity index (χ2n) is 7.48. The number of amides is 1. The molecule has 0 heterocycles. The van der Waals surface area contributed by atoms with Crippen LogP contribution in [0.1, 0.15) is 51.7 Å². The lowest BCUT2D eigenvalue weighted by Crippen LogP contribution is -2.56. The van der Waals surface area contributed by atoms with Crippen LogP contribution in [-0.2, 0) is 4.79 Å². The van der Waals surface area contributed by atoms with E-state index in [1.54, 1.807) is 12.1 Å². The molecule has 0 radical (unpaired) electrons.